The first-order valence-electron chi connectivity index (χ1n) is 13.2. The Labute approximate surface area is 243 Å². The van der Waals surface area contributed by atoms with Crippen molar-refractivity contribution in [2.45, 2.75) is 31.9 Å². The van der Waals surface area contributed by atoms with Gasteiger partial charge in [-0.2, -0.15) is 0 Å². The van der Waals surface area contributed by atoms with Gasteiger partial charge < -0.3 is 19.3 Å². The first kappa shape index (κ1) is 28.8. The second-order valence-electron chi connectivity index (χ2n) is 9.99. The third kappa shape index (κ3) is 6.35. The van der Waals surface area contributed by atoms with E-state index in [-0.39, 0.29) is 24.8 Å². The summed E-state index contributed by atoms with van der Waals surface area (Å²) in [6.45, 7) is 7.34. The molecule has 0 spiro atoms. The summed E-state index contributed by atoms with van der Waals surface area (Å²) in [5.41, 5.74) is 6.19. The molecule has 0 aromatic heterocycles. The maximum Gasteiger partial charge on any atom is 0.143 e. The fourth-order valence-corrected chi connectivity index (χ4v) is 5.94. The fraction of sp³-hybridized carbons (Fsp3) is 0.400. The van der Waals surface area contributed by atoms with Gasteiger partial charge in [-0.3, -0.25) is 4.90 Å². The van der Waals surface area contributed by atoms with Crippen LogP contribution >= 0.6 is 36.4 Å². The van der Waals surface area contributed by atoms with Crippen molar-refractivity contribution in [1.82, 2.24) is 4.90 Å². The monoisotopic (exact) mass is 575 g/mol. The van der Waals surface area contributed by atoms with E-state index in [0.29, 0.717) is 12.6 Å². The number of para-hydroxylation sites is 2. The molecule has 2 fully saturated rings. The van der Waals surface area contributed by atoms with Gasteiger partial charge in [-0.15, -0.1) is 24.8 Å². The molecule has 3 aliphatic heterocycles. The van der Waals surface area contributed by atoms with Gasteiger partial charge in [-0.1, -0.05) is 41.9 Å². The summed E-state index contributed by atoms with van der Waals surface area (Å²) in [6.07, 6.45) is 3.53. The summed E-state index contributed by atoms with van der Waals surface area (Å²) < 4.78 is 11.7. The van der Waals surface area contributed by atoms with Gasteiger partial charge >= 0.3 is 0 Å². The number of halogens is 3. The van der Waals surface area contributed by atoms with Crippen molar-refractivity contribution in [1.29, 1.82) is 0 Å². The van der Waals surface area contributed by atoms with Gasteiger partial charge in [-0.05, 0) is 67.8 Å². The van der Waals surface area contributed by atoms with E-state index >= 15 is 0 Å². The van der Waals surface area contributed by atoms with Crippen molar-refractivity contribution in [2.24, 2.45) is 0 Å². The highest BCUT2D eigenvalue weighted by molar-refractivity contribution is 6.30. The number of rotatable bonds is 6. The number of anilines is 3. The summed E-state index contributed by atoms with van der Waals surface area (Å²) >= 11 is 6.46. The average Bonchev–Trinajstić information content (AvgIpc) is 3.31. The van der Waals surface area contributed by atoms with Gasteiger partial charge in [-0.25, -0.2) is 0 Å². The van der Waals surface area contributed by atoms with E-state index in [9.17, 15) is 0 Å². The Bertz CT molecular complexity index is 1190. The number of morpholine rings is 1. The molecule has 0 amide bonds. The van der Waals surface area contributed by atoms with Crippen LogP contribution < -0.4 is 14.5 Å². The van der Waals surface area contributed by atoms with E-state index in [1.807, 2.05) is 12.1 Å². The van der Waals surface area contributed by atoms with E-state index in [2.05, 4.69) is 69.3 Å². The van der Waals surface area contributed by atoms with Gasteiger partial charge in [0, 0.05) is 54.2 Å². The number of hydrogen-bond donors (Lipinski definition) is 0. The van der Waals surface area contributed by atoms with E-state index in [1.165, 1.54) is 29.7 Å². The fourth-order valence-electron chi connectivity index (χ4n) is 5.77. The van der Waals surface area contributed by atoms with Crippen LogP contribution in [0.2, 0.25) is 5.02 Å². The summed E-state index contributed by atoms with van der Waals surface area (Å²) in [5, 5.41) is 0.766. The minimum atomic E-state index is 0. The Kier molecular flexibility index (Phi) is 10.1. The van der Waals surface area contributed by atoms with E-state index in [1.54, 1.807) is 0 Å². The molecular formula is C30H36Cl3N3O2. The molecule has 3 heterocycles. The van der Waals surface area contributed by atoms with Crippen molar-refractivity contribution in [3.63, 3.8) is 0 Å². The second kappa shape index (κ2) is 13.3. The van der Waals surface area contributed by atoms with E-state index in [0.717, 1.165) is 74.5 Å². The lowest BCUT2D eigenvalue weighted by Crippen LogP contribution is -2.39. The number of nitrogens with zero attached hydrogens (tertiary/aromatic N) is 3. The average molecular weight is 577 g/mol. The van der Waals surface area contributed by atoms with Gasteiger partial charge in [0.1, 0.15) is 12.4 Å². The molecule has 0 radical (unpaired) electrons. The normalized spacial score (nSPS) is 18.9. The van der Waals surface area contributed by atoms with Gasteiger partial charge in [0.2, 0.25) is 0 Å². The minimum Gasteiger partial charge on any atom is -0.487 e. The summed E-state index contributed by atoms with van der Waals surface area (Å²) in [7, 11) is 0. The molecule has 2 saturated heterocycles. The Hall–Kier alpha value is -2.15. The molecule has 0 aliphatic carbocycles. The zero-order valence-corrected chi connectivity index (χ0v) is 23.9. The molecule has 0 N–H and O–H groups in total. The van der Waals surface area contributed by atoms with Crippen molar-refractivity contribution in [2.75, 3.05) is 55.7 Å². The van der Waals surface area contributed by atoms with Crippen molar-refractivity contribution in [3.05, 3.63) is 82.9 Å². The van der Waals surface area contributed by atoms with Crippen molar-refractivity contribution >= 4 is 53.5 Å². The van der Waals surface area contributed by atoms with Crippen molar-refractivity contribution < 1.29 is 9.47 Å². The Morgan fingerprint density at radius 2 is 1.66 bits per heavy atom. The molecule has 3 aromatic rings. The number of ether oxygens (including phenoxy) is 2. The third-order valence-electron chi connectivity index (χ3n) is 7.77. The molecule has 0 bridgehead atoms. The lowest BCUT2D eigenvalue weighted by Gasteiger charge is -2.33. The molecular weight excluding hydrogens is 541 g/mol. The molecule has 204 valence electrons. The van der Waals surface area contributed by atoms with Crippen LogP contribution in [0.25, 0.3) is 0 Å². The van der Waals surface area contributed by atoms with Crippen LogP contribution in [0.3, 0.4) is 0 Å². The highest BCUT2D eigenvalue weighted by Gasteiger charge is 2.30. The Balaban J connectivity index is 0.00000168. The SMILES string of the molecule is Cl.Cl.Clc1ccc2c(c1)N(C[C@H]1CCCN1CCc1ccc(N3CCOCC3)cc1)c1ccccc1OC2. The Morgan fingerprint density at radius 3 is 2.47 bits per heavy atom. The maximum atomic E-state index is 6.46. The summed E-state index contributed by atoms with van der Waals surface area (Å²) in [4.78, 5) is 7.52. The highest BCUT2D eigenvalue weighted by atomic mass is 35.5. The van der Waals surface area contributed by atoms with E-state index < -0.39 is 0 Å². The maximum absolute atomic E-state index is 6.46. The van der Waals surface area contributed by atoms with Crippen molar-refractivity contribution in [3.8, 4) is 5.75 Å². The molecule has 6 rings (SSSR count). The van der Waals surface area contributed by atoms with Crippen LogP contribution in [-0.2, 0) is 17.8 Å². The molecule has 3 aromatic carbocycles. The zero-order valence-electron chi connectivity index (χ0n) is 21.6. The molecule has 1 atom stereocenters. The summed E-state index contributed by atoms with van der Waals surface area (Å²) in [5.74, 6) is 0.940. The lowest BCUT2D eigenvalue weighted by molar-refractivity contribution is 0.122. The topological polar surface area (TPSA) is 28.2 Å². The standard InChI is InChI=1S/C30H34ClN3O2.2ClH/c31-25-10-9-24-22-36-30-6-2-1-5-28(30)34(29(24)20-25)21-27-4-3-14-32(27)15-13-23-7-11-26(12-8-23)33-16-18-35-19-17-33;;/h1-2,5-12,20,27H,3-4,13-19,21-22H2;2*1H/t27-;;/m1../s1. The van der Waals surface area contributed by atoms with E-state index in [4.69, 9.17) is 21.1 Å². The predicted octanol–water partition coefficient (Wildman–Crippen LogP) is 6.76. The van der Waals surface area contributed by atoms with Crippen LogP contribution in [0.4, 0.5) is 17.1 Å². The molecule has 8 heteroatoms. The summed E-state index contributed by atoms with van der Waals surface area (Å²) in [6, 6.07) is 24.2. The van der Waals surface area contributed by atoms with Crippen LogP contribution in [0, 0.1) is 0 Å². The van der Waals surface area contributed by atoms with Crippen LogP contribution in [-0.4, -0.2) is 56.9 Å². The van der Waals surface area contributed by atoms with Crippen LogP contribution in [0.5, 0.6) is 5.75 Å². The van der Waals surface area contributed by atoms with Gasteiger partial charge in [0.05, 0.1) is 18.9 Å². The molecule has 0 unspecified atom stereocenters. The predicted molar refractivity (Wildman–Crippen MR) is 162 cm³/mol. The molecule has 3 aliphatic rings. The third-order valence-corrected chi connectivity index (χ3v) is 8.01. The second-order valence-corrected chi connectivity index (χ2v) is 10.4. The number of benzene rings is 3. The zero-order chi connectivity index (χ0) is 24.3. The number of likely N-dealkylation sites (tertiary alicyclic amines) is 1. The molecule has 5 nitrogen and oxygen atoms in total. The highest BCUT2D eigenvalue weighted by Crippen LogP contribution is 2.41. The Morgan fingerprint density at radius 1 is 0.868 bits per heavy atom. The largest absolute Gasteiger partial charge is 0.487 e. The molecule has 38 heavy (non-hydrogen) atoms. The smallest absolute Gasteiger partial charge is 0.143 e. The van der Waals surface area contributed by atoms with Gasteiger partial charge in [0.25, 0.3) is 0 Å². The first-order chi connectivity index (χ1) is 17.7. The lowest BCUT2D eigenvalue weighted by atomic mass is 10.1. The van der Waals surface area contributed by atoms with Gasteiger partial charge in [0.15, 0.2) is 0 Å². The van der Waals surface area contributed by atoms with Crippen LogP contribution in [0.15, 0.2) is 66.7 Å². The quantitative estimate of drug-likeness (QED) is 0.323. The number of hydrogen-bond acceptors (Lipinski definition) is 5. The minimum absolute atomic E-state index is 0. The number of fused-ring (bicyclic) bond motifs is 2. The molecule has 0 saturated carbocycles. The first-order valence-corrected chi connectivity index (χ1v) is 13.6. The van der Waals surface area contributed by atoms with Crippen LogP contribution in [0.1, 0.15) is 24.0 Å².